The summed E-state index contributed by atoms with van der Waals surface area (Å²) in [4.78, 5) is 12.1. The first-order valence-electron chi connectivity index (χ1n) is 6.50. The summed E-state index contributed by atoms with van der Waals surface area (Å²) >= 11 is 0. The molecule has 0 bridgehead atoms. The van der Waals surface area contributed by atoms with Gasteiger partial charge in [0.25, 0.3) is 5.91 Å². The molecule has 0 saturated carbocycles. The maximum atomic E-state index is 12.1. The van der Waals surface area contributed by atoms with Crippen LogP contribution in [-0.4, -0.2) is 13.0 Å². The summed E-state index contributed by atoms with van der Waals surface area (Å²) in [5, 5.41) is 2.87. The number of rotatable bonds is 4. The highest BCUT2D eigenvalue weighted by Gasteiger charge is 2.15. The number of carbonyl (C=O) groups is 1. The molecule has 20 heavy (non-hydrogen) atoms. The fourth-order valence-electron chi connectivity index (χ4n) is 2.01. The van der Waals surface area contributed by atoms with E-state index < -0.39 is 0 Å². The lowest BCUT2D eigenvalue weighted by Gasteiger charge is -2.09. The van der Waals surface area contributed by atoms with Crippen molar-refractivity contribution >= 4 is 11.6 Å². The Morgan fingerprint density at radius 3 is 2.70 bits per heavy atom. The Morgan fingerprint density at radius 2 is 1.95 bits per heavy atom. The second-order valence-corrected chi connectivity index (χ2v) is 4.65. The summed E-state index contributed by atoms with van der Waals surface area (Å²) in [6, 6.07) is 11.4. The summed E-state index contributed by atoms with van der Waals surface area (Å²) < 4.78 is 7.15. The molecule has 4 heteroatoms. The van der Waals surface area contributed by atoms with Crippen molar-refractivity contribution in [3.63, 3.8) is 0 Å². The molecule has 1 amide bonds. The van der Waals surface area contributed by atoms with Crippen LogP contribution >= 0.6 is 0 Å². The second-order valence-electron chi connectivity index (χ2n) is 4.65. The first kappa shape index (κ1) is 14.1. The average Bonchev–Trinajstić information content (AvgIpc) is 2.44. The fraction of sp³-hybridized carbons (Fsp3) is 0.250. The number of aromatic nitrogens is 1. The molecule has 0 aliphatic heterocycles. The van der Waals surface area contributed by atoms with Gasteiger partial charge < -0.3 is 10.1 Å². The lowest BCUT2D eigenvalue weighted by Crippen LogP contribution is -2.43. The summed E-state index contributed by atoms with van der Waals surface area (Å²) in [5.74, 6) is 0.583. The topological polar surface area (TPSA) is 42.2 Å². The zero-order valence-electron chi connectivity index (χ0n) is 12.0. The summed E-state index contributed by atoms with van der Waals surface area (Å²) in [5.41, 5.74) is 2.94. The second kappa shape index (κ2) is 6.19. The maximum Gasteiger partial charge on any atom is 0.290 e. The predicted octanol–water partition coefficient (Wildman–Crippen LogP) is 2.24. The van der Waals surface area contributed by atoms with Gasteiger partial charge in [0.15, 0.2) is 11.9 Å². The van der Waals surface area contributed by atoms with E-state index in [-0.39, 0.29) is 12.5 Å². The quantitative estimate of drug-likeness (QED) is 0.867. The summed E-state index contributed by atoms with van der Waals surface area (Å²) in [7, 11) is 1.59. The van der Waals surface area contributed by atoms with E-state index in [9.17, 15) is 4.79 Å². The van der Waals surface area contributed by atoms with Crippen molar-refractivity contribution in [3.8, 4) is 5.75 Å². The van der Waals surface area contributed by atoms with E-state index in [4.69, 9.17) is 4.74 Å². The monoisotopic (exact) mass is 271 g/mol. The first-order valence-corrected chi connectivity index (χ1v) is 6.50. The van der Waals surface area contributed by atoms with E-state index in [1.54, 1.807) is 7.11 Å². The Hall–Kier alpha value is -2.36. The van der Waals surface area contributed by atoms with Gasteiger partial charge in [-0.25, -0.2) is 0 Å². The van der Waals surface area contributed by atoms with Crippen LogP contribution in [0.2, 0.25) is 0 Å². The standard InChI is InChI=1S/C16H18N2O2/c1-12-7-6-10-18(13(12)2)11-16(19)17-14-8-4-5-9-15(14)20-3/h4-10H,11H2,1-3H3/p+1. The van der Waals surface area contributed by atoms with Crippen LogP contribution < -0.4 is 14.6 Å². The molecule has 0 spiro atoms. The Labute approximate surface area is 119 Å². The molecule has 104 valence electrons. The van der Waals surface area contributed by atoms with E-state index in [0.717, 1.165) is 11.3 Å². The molecule has 1 aromatic carbocycles. The molecule has 2 rings (SSSR count). The van der Waals surface area contributed by atoms with E-state index in [2.05, 4.69) is 5.32 Å². The van der Waals surface area contributed by atoms with Gasteiger partial charge in [-0.2, -0.15) is 4.57 Å². The van der Waals surface area contributed by atoms with Crippen molar-refractivity contribution in [2.45, 2.75) is 20.4 Å². The third kappa shape index (κ3) is 3.15. The van der Waals surface area contributed by atoms with Gasteiger partial charge in [0.2, 0.25) is 6.54 Å². The number of methoxy groups -OCH3 is 1. The van der Waals surface area contributed by atoms with Gasteiger partial charge in [0.05, 0.1) is 12.8 Å². The van der Waals surface area contributed by atoms with Gasteiger partial charge in [0.1, 0.15) is 5.75 Å². The molecule has 0 aliphatic rings. The molecular weight excluding hydrogens is 252 g/mol. The third-order valence-corrected chi connectivity index (χ3v) is 3.31. The normalized spacial score (nSPS) is 10.2. The number of hydrogen-bond donors (Lipinski definition) is 1. The molecule has 0 saturated heterocycles. The lowest BCUT2D eigenvalue weighted by molar-refractivity contribution is -0.690. The number of para-hydroxylation sites is 2. The number of carbonyl (C=O) groups excluding carboxylic acids is 1. The summed E-state index contributed by atoms with van der Waals surface area (Å²) in [6.07, 6.45) is 1.91. The number of amides is 1. The van der Waals surface area contributed by atoms with Gasteiger partial charge in [0, 0.05) is 18.6 Å². The number of anilines is 1. The van der Waals surface area contributed by atoms with Crippen molar-refractivity contribution in [3.05, 3.63) is 53.9 Å². The maximum absolute atomic E-state index is 12.1. The molecule has 0 aliphatic carbocycles. The lowest BCUT2D eigenvalue weighted by atomic mass is 10.2. The van der Waals surface area contributed by atoms with Crippen molar-refractivity contribution in [2.24, 2.45) is 0 Å². The van der Waals surface area contributed by atoms with Crippen molar-refractivity contribution in [1.29, 1.82) is 0 Å². The Morgan fingerprint density at radius 1 is 1.20 bits per heavy atom. The van der Waals surface area contributed by atoms with Crippen LogP contribution in [0, 0.1) is 13.8 Å². The molecule has 1 N–H and O–H groups in total. The van der Waals surface area contributed by atoms with Gasteiger partial charge >= 0.3 is 0 Å². The van der Waals surface area contributed by atoms with Crippen LogP contribution in [0.4, 0.5) is 5.69 Å². The molecule has 0 unspecified atom stereocenters. The van der Waals surface area contributed by atoms with Crippen LogP contribution in [0.5, 0.6) is 5.75 Å². The highest BCUT2D eigenvalue weighted by Crippen LogP contribution is 2.22. The number of aryl methyl sites for hydroxylation is 1. The number of hydrogen-bond acceptors (Lipinski definition) is 2. The van der Waals surface area contributed by atoms with Crippen LogP contribution in [0.3, 0.4) is 0 Å². The number of nitrogens with one attached hydrogen (secondary N) is 1. The number of pyridine rings is 1. The molecule has 1 heterocycles. The van der Waals surface area contributed by atoms with Gasteiger partial charge in [-0.05, 0) is 25.1 Å². The highest BCUT2D eigenvalue weighted by molar-refractivity contribution is 5.91. The van der Waals surface area contributed by atoms with Crippen LogP contribution in [0.1, 0.15) is 11.3 Å². The number of nitrogens with zero attached hydrogens (tertiary/aromatic N) is 1. The van der Waals surface area contributed by atoms with E-state index >= 15 is 0 Å². The molecule has 0 atom stereocenters. The SMILES string of the molecule is COc1ccccc1NC(=O)C[n+]1cccc(C)c1C. The Balaban J connectivity index is 2.11. The van der Waals surface area contributed by atoms with E-state index in [1.165, 1.54) is 0 Å². The Kier molecular flexibility index (Phi) is 4.35. The predicted molar refractivity (Wildman–Crippen MR) is 77.7 cm³/mol. The minimum Gasteiger partial charge on any atom is -0.495 e. The van der Waals surface area contributed by atoms with Gasteiger partial charge in [-0.15, -0.1) is 0 Å². The largest absolute Gasteiger partial charge is 0.495 e. The molecule has 1 aromatic heterocycles. The molecule has 4 nitrogen and oxygen atoms in total. The van der Waals surface area contributed by atoms with Gasteiger partial charge in [-0.3, -0.25) is 4.79 Å². The molecule has 0 radical (unpaired) electrons. The first-order chi connectivity index (χ1) is 9.61. The number of ether oxygens (including phenoxy) is 1. The smallest absolute Gasteiger partial charge is 0.290 e. The minimum atomic E-state index is -0.0757. The molecule has 0 fully saturated rings. The van der Waals surface area contributed by atoms with E-state index in [1.807, 2.05) is 61.0 Å². The fourth-order valence-corrected chi connectivity index (χ4v) is 2.01. The van der Waals surface area contributed by atoms with Crippen molar-refractivity contribution in [2.75, 3.05) is 12.4 Å². The van der Waals surface area contributed by atoms with Crippen molar-refractivity contribution in [1.82, 2.24) is 0 Å². The van der Waals surface area contributed by atoms with Crippen LogP contribution in [0.25, 0.3) is 0 Å². The van der Waals surface area contributed by atoms with Crippen LogP contribution in [-0.2, 0) is 11.3 Å². The zero-order chi connectivity index (χ0) is 14.5. The van der Waals surface area contributed by atoms with E-state index in [0.29, 0.717) is 11.4 Å². The number of benzene rings is 1. The molecular formula is C16H19N2O2+. The summed E-state index contributed by atoms with van der Waals surface area (Å²) in [6.45, 7) is 4.32. The average molecular weight is 271 g/mol. The Bertz CT molecular complexity index is 624. The third-order valence-electron chi connectivity index (χ3n) is 3.31. The minimum absolute atomic E-state index is 0.0757. The highest BCUT2D eigenvalue weighted by atomic mass is 16.5. The van der Waals surface area contributed by atoms with Crippen LogP contribution in [0.15, 0.2) is 42.6 Å². The van der Waals surface area contributed by atoms with Crippen molar-refractivity contribution < 1.29 is 14.1 Å². The zero-order valence-corrected chi connectivity index (χ0v) is 12.0. The molecule has 2 aromatic rings. The van der Waals surface area contributed by atoms with Gasteiger partial charge in [-0.1, -0.05) is 12.1 Å².